The lowest BCUT2D eigenvalue weighted by molar-refractivity contribution is -0.141. The first-order valence-electron chi connectivity index (χ1n) is 5.91. The normalized spacial score (nSPS) is 14.1. The van der Waals surface area contributed by atoms with E-state index in [9.17, 15) is 14.7 Å². The molecule has 0 aliphatic rings. The monoisotopic (exact) mass is 261 g/mol. The van der Waals surface area contributed by atoms with Gasteiger partial charge in [0.15, 0.2) is 0 Å². The van der Waals surface area contributed by atoms with E-state index in [0.717, 1.165) is 13.1 Å². The average Bonchev–Trinajstić information content (AvgIpc) is 2.24. The second kappa shape index (κ2) is 7.88. The first kappa shape index (κ1) is 16.7. The quantitative estimate of drug-likeness (QED) is 0.470. The van der Waals surface area contributed by atoms with Gasteiger partial charge in [0.25, 0.3) is 0 Å². The molecule has 0 aromatic heterocycles. The van der Waals surface area contributed by atoms with E-state index >= 15 is 0 Å². The lowest BCUT2D eigenvalue weighted by Gasteiger charge is -2.21. The number of nitrogens with zero attached hydrogens (tertiary/aromatic N) is 1. The Bertz CT molecular complexity index is 281. The molecule has 0 saturated carbocycles. The number of carboxylic acids is 1. The maximum absolute atomic E-state index is 11.3. The van der Waals surface area contributed by atoms with Gasteiger partial charge in [0.1, 0.15) is 0 Å². The van der Waals surface area contributed by atoms with Gasteiger partial charge in [-0.1, -0.05) is 6.92 Å². The fourth-order valence-corrected chi connectivity index (χ4v) is 1.24. The minimum atomic E-state index is -1.44. The molecule has 0 aromatic rings. The summed E-state index contributed by atoms with van der Waals surface area (Å²) < 4.78 is 0. The van der Waals surface area contributed by atoms with E-state index in [0.29, 0.717) is 6.54 Å². The Kier molecular flexibility index (Phi) is 7.30. The van der Waals surface area contributed by atoms with Crippen molar-refractivity contribution in [1.29, 1.82) is 0 Å². The third-order valence-electron chi connectivity index (χ3n) is 2.48. The maximum Gasteiger partial charge on any atom is 0.314 e. The molecule has 0 radical (unpaired) electrons. The number of carboxylic acid groups (broad SMARTS) is 1. The van der Waals surface area contributed by atoms with Crippen LogP contribution in [-0.2, 0) is 4.79 Å². The zero-order chi connectivity index (χ0) is 14.2. The molecule has 1 atom stereocenters. The Morgan fingerprint density at radius 2 is 1.94 bits per heavy atom. The Labute approximate surface area is 107 Å². The predicted molar refractivity (Wildman–Crippen MR) is 67.4 cm³/mol. The van der Waals surface area contributed by atoms with Gasteiger partial charge in [0.05, 0.1) is 12.0 Å². The van der Waals surface area contributed by atoms with Crippen LogP contribution in [0.15, 0.2) is 0 Å². The topological polar surface area (TPSA) is 102 Å². The number of carbonyl (C=O) groups is 2. The molecular weight excluding hydrogens is 238 g/mol. The Balaban J connectivity index is 3.79. The minimum absolute atomic E-state index is 0.102. The number of aliphatic carboxylic acids is 1. The molecule has 18 heavy (non-hydrogen) atoms. The standard InChI is InChI=1S/C11H23N3O4/c1-4-14(3)6-5-12-10(17)13-8-11(2,18)7-9(15)16/h18H,4-8H2,1-3H3,(H,15,16)(H2,12,13,17). The van der Waals surface area contributed by atoms with E-state index in [2.05, 4.69) is 10.6 Å². The largest absolute Gasteiger partial charge is 0.481 e. The molecule has 0 saturated heterocycles. The number of aliphatic hydroxyl groups is 1. The molecule has 0 aromatic carbocycles. The molecule has 0 aliphatic heterocycles. The number of hydrogen-bond donors (Lipinski definition) is 4. The summed E-state index contributed by atoms with van der Waals surface area (Å²) >= 11 is 0. The number of urea groups is 1. The molecule has 2 amide bonds. The minimum Gasteiger partial charge on any atom is -0.481 e. The molecule has 0 spiro atoms. The van der Waals surface area contributed by atoms with Gasteiger partial charge in [-0.2, -0.15) is 0 Å². The van der Waals surface area contributed by atoms with Crippen molar-refractivity contribution in [1.82, 2.24) is 15.5 Å². The molecule has 7 nitrogen and oxygen atoms in total. The highest BCUT2D eigenvalue weighted by Gasteiger charge is 2.24. The summed E-state index contributed by atoms with van der Waals surface area (Å²) in [5.41, 5.74) is -1.44. The molecule has 0 rings (SSSR count). The smallest absolute Gasteiger partial charge is 0.314 e. The van der Waals surface area contributed by atoms with E-state index in [-0.39, 0.29) is 6.54 Å². The molecule has 1 unspecified atom stereocenters. The van der Waals surface area contributed by atoms with E-state index in [4.69, 9.17) is 5.11 Å². The number of hydrogen-bond acceptors (Lipinski definition) is 4. The Morgan fingerprint density at radius 3 is 2.44 bits per heavy atom. The van der Waals surface area contributed by atoms with E-state index in [1.807, 2.05) is 18.9 Å². The van der Waals surface area contributed by atoms with E-state index in [1.165, 1.54) is 6.92 Å². The van der Waals surface area contributed by atoms with Gasteiger partial charge in [0.2, 0.25) is 0 Å². The van der Waals surface area contributed by atoms with Crippen LogP contribution in [0, 0.1) is 0 Å². The van der Waals surface area contributed by atoms with Crippen LogP contribution >= 0.6 is 0 Å². The predicted octanol–water partition coefficient (Wildman–Crippen LogP) is -0.537. The summed E-state index contributed by atoms with van der Waals surface area (Å²) in [6.07, 6.45) is -0.411. The first-order chi connectivity index (χ1) is 8.26. The Hall–Kier alpha value is -1.34. The molecular formula is C11H23N3O4. The summed E-state index contributed by atoms with van der Waals surface area (Å²) in [7, 11) is 1.94. The van der Waals surface area contributed by atoms with Crippen LogP contribution in [-0.4, -0.2) is 65.9 Å². The zero-order valence-electron chi connectivity index (χ0n) is 11.2. The van der Waals surface area contributed by atoms with Gasteiger partial charge in [-0.25, -0.2) is 4.79 Å². The lowest BCUT2D eigenvalue weighted by atomic mass is 10.0. The van der Waals surface area contributed by atoms with Crippen LogP contribution in [0.2, 0.25) is 0 Å². The third-order valence-corrected chi connectivity index (χ3v) is 2.48. The molecule has 4 N–H and O–H groups in total. The fraction of sp³-hybridized carbons (Fsp3) is 0.818. The van der Waals surface area contributed by atoms with Crippen molar-refractivity contribution in [3.05, 3.63) is 0 Å². The highest BCUT2D eigenvalue weighted by molar-refractivity contribution is 5.74. The van der Waals surface area contributed by atoms with Crippen LogP contribution < -0.4 is 10.6 Å². The molecule has 7 heteroatoms. The van der Waals surface area contributed by atoms with Crippen molar-refractivity contribution in [2.45, 2.75) is 25.9 Å². The summed E-state index contributed by atoms with van der Waals surface area (Å²) in [6, 6.07) is -0.412. The lowest BCUT2D eigenvalue weighted by Crippen LogP contribution is -2.46. The summed E-state index contributed by atoms with van der Waals surface area (Å²) in [4.78, 5) is 23.8. The Morgan fingerprint density at radius 1 is 1.33 bits per heavy atom. The second-order valence-electron chi connectivity index (χ2n) is 4.57. The highest BCUT2D eigenvalue weighted by atomic mass is 16.4. The molecule has 0 fully saturated rings. The number of rotatable bonds is 8. The van der Waals surface area contributed by atoms with Crippen molar-refractivity contribution >= 4 is 12.0 Å². The van der Waals surface area contributed by atoms with Gasteiger partial charge in [-0.05, 0) is 20.5 Å². The van der Waals surface area contributed by atoms with E-state index in [1.54, 1.807) is 0 Å². The van der Waals surface area contributed by atoms with Crippen molar-refractivity contribution in [3.8, 4) is 0 Å². The van der Waals surface area contributed by atoms with Crippen molar-refractivity contribution < 1.29 is 19.8 Å². The number of nitrogens with one attached hydrogen (secondary N) is 2. The second-order valence-corrected chi connectivity index (χ2v) is 4.57. The van der Waals surface area contributed by atoms with E-state index < -0.39 is 24.0 Å². The summed E-state index contributed by atoms with van der Waals surface area (Å²) in [5.74, 6) is -1.10. The summed E-state index contributed by atoms with van der Waals surface area (Å²) in [5, 5.41) is 23.3. The van der Waals surface area contributed by atoms with Crippen LogP contribution in [0.5, 0.6) is 0 Å². The SMILES string of the molecule is CCN(C)CCNC(=O)NCC(C)(O)CC(=O)O. The third kappa shape index (κ3) is 8.77. The number of carbonyl (C=O) groups excluding carboxylic acids is 1. The van der Waals surface area contributed by atoms with Crippen LogP contribution in [0.1, 0.15) is 20.3 Å². The van der Waals surface area contributed by atoms with Gasteiger partial charge < -0.3 is 25.7 Å². The molecule has 0 aliphatic carbocycles. The van der Waals surface area contributed by atoms with Gasteiger partial charge in [-0.15, -0.1) is 0 Å². The van der Waals surface area contributed by atoms with Gasteiger partial charge in [-0.3, -0.25) is 4.79 Å². The fourth-order valence-electron chi connectivity index (χ4n) is 1.24. The van der Waals surface area contributed by atoms with Crippen molar-refractivity contribution in [3.63, 3.8) is 0 Å². The number of likely N-dealkylation sites (N-methyl/N-ethyl adjacent to an activating group) is 1. The molecule has 106 valence electrons. The van der Waals surface area contributed by atoms with Crippen LogP contribution in [0.25, 0.3) is 0 Å². The van der Waals surface area contributed by atoms with Crippen molar-refractivity contribution in [2.24, 2.45) is 0 Å². The summed E-state index contributed by atoms with van der Waals surface area (Å²) in [6.45, 7) is 5.41. The van der Waals surface area contributed by atoms with Gasteiger partial charge >= 0.3 is 12.0 Å². The highest BCUT2D eigenvalue weighted by Crippen LogP contribution is 2.06. The maximum atomic E-state index is 11.3. The number of amides is 2. The van der Waals surface area contributed by atoms with Gasteiger partial charge in [0, 0.05) is 19.6 Å². The van der Waals surface area contributed by atoms with Crippen molar-refractivity contribution in [2.75, 3.05) is 33.2 Å². The first-order valence-corrected chi connectivity index (χ1v) is 5.91. The van der Waals surface area contributed by atoms with Crippen LogP contribution in [0.3, 0.4) is 0 Å². The zero-order valence-corrected chi connectivity index (χ0v) is 11.2. The van der Waals surface area contributed by atoms with Crippen LogP contribution in [0.4, 0.5) is 4.79 Å². The molecule has 0 heterocycles. The average molecular weight is 261 g/mol. The molecule has 0 bridgehead atoms.